The fourth-order valence-corrected chi connectivity index (χ4v) is 2.53. The van der Waals surface area contributed by atoms with E-state index in [4.69, 9.17) is 11.6 Å². The van der Waals surface area contributed by atoms with Gasteiger partial charge in [-0.2, -0.15) is 0 Å². The highest BCUT2D eigenvalue weighted by Crippen LogP contribution is 2.22. The van der Waals surface area contributed by atoms with Crippen LogP contribution in [0.3, 0.4) is 0 Å². The second-order valence-corrected chi connectivity index (χ2v) is 5.93. The molecule has 0 heterocycles. The van der Waals surface area contributed by atoms with Crippen molar-refractivity contribution in [2.75, 3.05) is 0 Å². The van der Waals surface area contributed by atoms with E-state index in [1.807, 2.05) is 6.92 Å². The van der Waals surface area contributed by atoms with E-state index in [2.05, 4.69) is 38.2 Å². The SMILES string of the molecule is Cc1cc(C)c([C@@H](C)NC(=O)c2ccc(Cl)cc2)cc1C. The standard InChI is InChI=1S/C18H20ClNO/c1-11-9-13(3)17(10-12(11)2)14(4)20-18(21)15-5-7-16(19)8-6-15/h5-10,14H,1-4H3,(H,20,21)/t14-/m1/s1. The third kappa shape index (κ3) is 3.64. The minimum atomic E-state index is -0.0863. The van der Waals surface area contributed by atoms with E-state index >= 15 is 0 Å². The van der Waals surface area contributed by atoms with Crippen LogP contribution in [0.15, 0.2) is 36.4 Å². The van der Waals surface area contributed by atoms with Crippen LogP contribution in [0.25, 0.3) is 0 Å². The molecule has 110 valence electrons. The van der Waals surface area contributed by atoms with Gasteiger partial charge in [0, 0.05) is 10.6 Å². The number of aryl methyl sites for hydroxylation is 3. The largest absolute Gasteiger partial charge is 0.346 e. The summed E-state index contributed by atoms with van der Waals surface area (Å²) >= 11 is 5.84. The summed E-state index contributed by atoms with van der Waals surface area (Å²) in [6.07, 6.45) is 0. The molecule has 2 rings (SSSR count). The van der Waals surface area contributed by atoms with Crippen molar-refractivity contribution in [1.82, 2.24) is 5.32 Å². The quantitative estimate of drug-likeness (QED) is 0.870. The van der Waals surface area contributed by atoms with Gasteiger partial charge in [0.05, 0.1) is 6.04 Å². The molecule has 0 aliphatic rings. The van der Waals surface area contributed by atoms with E-state index in [9.17, 15) is 4.79 Å². The molecule has 0 unspecified atom stereocenters. The summed E-state index contributed by atoms with van der Waals surface area (Å²) in [5.74, 6) is -0.0863. The van der Waals surface area contributed by atoms with Gasteiger partial charge < -0.3 is 5.32 Å². The van der Waals surface area contributed by atoms with Gasteiger partial charge in [-0.05, 0) is 74.2 Å². The minimum absolute atomic E-state index is 0.0347. The Labute approximate surface area is 131 Å². The predicted octanol–water partition coefficient (Wildman–Crippen LogP) is 4.76. The number of carbonyl (C=O) groups is 1. The molecule has 0 radical (unpaired) electrons. The first-order chi connectivity index (χ1) is 9.88. The Kier molecular flexibility index (Phi) is 4.69. The molecule has 0 fully saturated rings. The van der Waals surface area contributed by atoms with Crippen molar-refractivity contribution in [3.05, 3.63) is 69.2 Å². The first-order valence-electron chi connectivity index (χ1n) is 7.02. The second-order valence-electron chi connectivity index (χ2n) is 5.50. The number of amides is 1. The van der Waals surface area contributed by atoms with Gasteiger partial charge in [-0.1, -0.05) is 23.7 Å². The van der Waals surface area contributed by atoms with Crippen molar-refractivity contribution in [3.8, 4) is 0 Å². The molecular formula is C18H20ClNO. The van der Waals surface area contributed by atoms with E-state index in [0.717, 1.165) is 5.56 Å². The minimum Gasteiger partial charge on any atom is -0.346 e. The topological polar surface area (TPSA) is 29.1 Å². The molecule has 0 aromatic heterocycles. The van der Waals surface area contributed by atoms with Crippen LogP contribution < -0.4 is 5.32 Å². The van der Waals surface area contributed by atoms with Crippen LogP contribution in [0.5, 0.6) is 0 Å². The van der Waals surface area contributed by atoms with Crippen LogP contribution in [0, 0.1) is 20.8 Å². The van der Waals surface area contributed by atoms with Crippen LogP contribution in [0.4, 0.5) is 0 Å². The third-order valence-corrected chi connectivity index (χ3v) is 4.05. The van der Waals surface area contributed by atoms with Crippen LogP contribution >= 0.6 is 11.6 Å². The first-order valence-corrected chi connectivity index (χ1v) is 7.40. The highest BCUT2D eigenvalue weighted by molar-refractivity contribution is 6.30. The van der Waals surface area contributed by atoms with Crippen LogP contribution in [0.1, 0.15) is 45.6 Å². The maximum atomic E-state index is 12.2. The normalized spacial score (nSPS) is 12.0. The molecular weight excluding hydrogens is 282 g/mol. The number of hydrogen-bond acceptors (Lipinski definition) is 1. The zero-order chi connectivity index (χ0) is 15.6. The van der Waals surface area contributed by atoms with Crippen molar-refractivity contribution < 1.29 is 4.79 Å². The summed E-state index contributed by atoms with van der Waals surface area (Å²) in [5.41, 5.74) is 5.48. The third-order valence-electron chi connectivity index (χ3n) is 3.80. The number of nitrogens with one attached hydrogen (secondary N) is 1. The number of halogens is 1. The lowest BCUT2D eigenvalue weighted by Gasteiger charge is -2.18. The maximum absolute atomic E-state index is 12.2. The average molecular weight is 302 g/mol. The zero-order valence-corrected chi connectivity index (χ0v) is 13.6. The van der Waals surface area contributed by atoms with Gasteiger partial charge in [0.15, 0.2) is 0 Å². The van der Waals surface area contributed by atoms with Gasteiger partial charge in [-0.15, -0.1) is 0 Å². The van der Waals surface area contributed by atoms with Gasteiger partial charge in [-0.3, -0.25) is 4.79 Å². The molecule has 0 spiro atoms. The Morgan fingerprint density at radius 2 is 1.57 bits per heavy atom. The van der Waals surface area contributed by atoms with Gasteiger partial charge in [0.1, 0.15) is 0 Å². The van der Waals surface area contributed by atoms with Crippen molar-refractivity contribution in [3.63, 3.8) is 0 Å². The number of rotatable bonds is 3. The Hall–Kier alpha value is -1.80. The number of hydrogen-bond donors (Lipinski definition) is 1. The van der Waals surface area contributed by atoms with Gasteiger partial charge in [-0.25, -0.2) is 0 Å². The van der Waals surface area contributed by atoms with Crippen molar-refractivity contribution in [2.45, 2.75) is 33.7 Å². The number of carbonyl (C=O) groups excluding carboxylic acids is 1. The monoisotopic (exact) mass is 301 g/mol. The van der Waals surface area contributed by atoms with Crippen LogP contribution in [-0.4, -0.2) is 5.91 Å². The van der Waals surface area contributed by atoms with Crippen LogP contribution in [0.2, 0.25) is 5.02 Å². The molecule has 0 saturated carbocycles. The lowest BCUT2D eigenvalue weighted by atomic mass is 9.96. The molecule has 0 bridgehead atoms. The van der Waals surface area contributed by atoms with Gasteiger partial charge in [0.25, 0.3) is 5.91 Å². The highest BCUT2D eigenvalue weighted by Gasteiger charge is 2.14. The number of benzene rings is 2. The summed E-state index contributed by atoms with van der Waals surface area (Å²) in [6, 6.07) is 11.2. The smallest absolute Gasteiger partial charge is 0.251 e. The maximum Gasteiger partial charge on any atom is 0.251 e. The molecule has 0 saturated heterocycles. The molecule has 0 aliphatic carbocycles. The van der Waals surface area contributed by atoms with Crippen molar-refractivity contribution >= 4 is 17.5 Å². The molecule has 21 heavy (non-hydrogen) atoms. The summed E-state index contributed by atoms with van der Waals surface area (Å²) in [4.78, 5) is 12.2. The molecule has 0 aliphatic heterocycles. The Balaban J connectivity index is 2.18. The average Bonchev–Trinajstić information content (AvgIpc) is 2.43. The van der Waals surface area contributed by atoms with Gasteiger partial charge in [0.2, 0.25) is 0 Å². The van der Waals surface area contributed by atoms with E-state index in [0.29, 0.717) is 10.6 Å². The zero-order valence-electron chi connectivity index (χ0n) is 12.8. The van der Waals surface area contributed by atoms with Gasteiger partial charge >= 0.3 is 0 Å². The summed E-state index contributed by atoms with van der Waals surface area (Å²) in [5, 5.41) is 3.67. The van der Waals surface area contributed by atoms with E-state index in [1.165, 1.54) is 16.7 Å². The van der Waals surface area contributed by atoms with Crippen molar-refractivity contribution in [2.24, 2.45) is 0 Å². The van der Waals surface area contributed by atoms with Crippen molar-refractivity contribution in [1.29, 1.82) is 0 Å². The molecule has 2 aromatic rings. The molecule has 3 heteroatoms. The molecule has 1 N–H and O–H groups in total. The first kappa shape index (κ1) is 15.6. The predicted molar refractivity (Wildman–Crippen MR) is 88.0 cm³/mol. The lowest BCUT2D eigenvalue weighted by Crippen LogP contribution is -2.27. The summed E-state index contributed by atoms with van der Waals surface area (Å²) in [6.45, 7) is 8.27. The Bertz CT molecular complexity index is 662. The fraction of sp³-hybridized carbons (Fsp3) is 0.278. The molecule has 2 nitrogen and oxygen atoms in total. The van der Waals surface area contributed by atoms with E-state index < -0.39 is 0 Å². The van der Waals surface area contributed by atoms with E-state index in [-0.39, 0.29) is 11.9 Å². The molecule has 1 atom stereocenters. The van der Waals surface area contributed by atoms with Crippen LogP contribution in [-0.2, 0) is 0 Å². The fourth-order valence-electron chi connectivity index (χ4n) is 2.41. The second kappa shape index (κ2) is 6.31. The highest BCUT2D eigenvalue weighted by atomic mass is 35.5. The molecule has 2 aromatic carbocycles. The lowest BCUT2D eigenvalue weighted by molar-refractivity contribution is 0.0940. The molecule has 1 amide bonds. The van der Waals surface area contributed by atoms with E-state index in [1.54, 1.807) is 24.3 Å². The Morgan fingerprint density at radius 1 is 1.00 bits per heavy atom. The Morgan fingerprint density at radius 3 is 2.19 bits per heavy atom. The summed E-state index contributed by atoms with van der Waals surface area (Å²) in [7, 11) is 0. The summed E-state index contributed by atoms with van der Waals surface area (Å²) < 4.78 is 0.